The van der Waals surface area contributed by atoms with Gasteiger partial charge in [-0.1, -0.05) is 6.07 Å². The highest BCUT2D eigenvalue weighted by molar-refractivity contribution is 5.82. The summed E-state index contributed by atoms with van der Waals surface area (Å²) in [5.74, 6) is 0. The fraction of sp³-hybridized carbons (Fsp3) is 0.500. The van der Waals surface area contributed by atoms with Crippen LogP contribution in [0.3, 0.4) is 0 Å². The van der Waals surface area contributed by atoms with Crippen molar-refractivity contribution in [2.45, 2.75) is 39.7 Å². The smallest absolute Gasteiger partial charge is 0.0653 e. The molecule has 0 unspecified atom stereocenters. The molecule has 3 nitrogen and oxygen atoms in total. The molecule has 0 aliphatic carbocycles. The molecule has 2 N–H and O–H groups in total. The Hall–Kier alpha value is -1.35. The highest BCUT2D eigenvalue weighted by atomic mass is 15.1. The minimum Gasteiger partial charge on any atom is -0.312 e. The van der Waals surface area contributed by atoms with E-state index in [1.165, 1.54) is 16.5 Å². The van der Waals surface area contributed by atoms with Gasteiger partial charge < -0.3 is 5.32 Å². The number of nitrogens with one attached hydrogen (secondary N) is 2. The van der Waals surface area contributed by atoms with Crippen LogP contribution in [0.5, 0.6) is 0 Å². The molecule has 1 aromatic heterocycles. The molecular formula is C14H21N3. The monoisotopic (exact) mass is 231 g/mol. The van der Waals surface area contributed by atoms with Crippen molar-refractivity contribution in [3.63, 3.8) is 0 Å². The number of benzene rings is 1. The third-order valence-electron chi connectivity index (χ3n) is 3.00. The molecular weight excluding hydrogens is 210 g/mol. The Bertz CT molecular complexity index is 506. The summed E-state index contributed by atoms with van der Waals surface area (Å²) in [5.41, 5.74) is 4.04. The average molecular weight is 231 g/mol. The molecule has 2 aromatic rings. The van der Waals surface area contributed by atoms with E-state index in [-0.39, 0.29) is 5.54 Å². The normalized spacial score (nSPS) is 12.2. The molecule has 0 aliphatic heterocycles. The first-order valence-corrected chi connectivity index (χ1v) is 6.14. The third-order valence-corrected chi connectivity index (χ3v) is 3.00. The number of aryl methyl sites for hydroxylation is 1. The summed E-state index contributed by atoms with van der Waals surface area (Å²) in [4.78, 5) is 0. The predicted molar refractivity (Wildman–Crippen MR) is 72.3 cm³/mol. The Kier molecular flexibility index (Phi) is 3.20. The Morgan fingerprint density at radius 1 is 1.29 bits per heavy atom. The van der Waals surface area contributed by atoms with Crippen LogP contribution in [0.4, 0.5) is 0 Å². The molecule has 0 atom stereocenters. The topological polar surface area (TPSA) is 40.7 Å². The molecule has 0 spiro atoms. The quantitative estimate of drug-likeness (QED) is 0.852. The van der Waals surface area contributed by atoms with E-state index >= 15 is 0 Å². The van der Waals surface area contributed by atoms with Crippen LogP contribution in [0.1, 0.15) is 31.9 Å². The lowest BCUT2D eigenvalue weighted by Gasteiger charge is -2.20. The van der Waals surface area contributed by atoms with Crippen LogP contribution in [0.25, 0.3) is 10.9 Å². The van der Waals surface area contributed by atoms with Crippen LogP contribution in [-0.2, 0) is 6.42 Å². The van der Waals surface area contributed by atoms with Gasteiger partial charge >= 0.3 is 0 Å². The molecule has 17 heavy (non-hydrogen) atoms. The first-order chi connectivity index (χ1) is 7.97. The molecule has 1 heterocycles. The molecule has 0 radical (unpaired) electrons. The van der Waals surface area contributed by atoms with Gasteiger partial charge in [0.05, 0.1) is 11.7 Å². The second kappa shape index (κ2) is 4.49. The van der Waals surface area contributed by atoms with Gasteiger partial charge in [-0.05, 0) is 57.9 Å². The molecule has 0 saturated heterocycles. The second-order valence-electron chi connectivity index (χ2n) is 5.62. The first-order valence-electron chi connectivity index (χ1n) is 6.14. The van der Waals surface area contributed by atoms with Crippen molar-refractivity contribution in [3.8, 4) is 0 Å². The lowest BCUT2D eigenvalue weighted by atomic mass is 10.0. The van der Waals surface area contributed by atoms with Gasteiger partial charge in [-0.2, -0.15) is 5.10 Å². The summed E-state index contributed by atoms with van der Waals surface area (Å²) >= 11 is 0. The summed E-state index contributed by atoms with van der Waals surface area (Å²) in [6.45, 7) is 9.74. The van der Waals surface area contributed by atoms with Gasteiger partial charge in [0.15, 0.2) is 0 Å². The molecule has 0 aliphatic rings. The van der Waals surface area contributed by atoms with Crippen molar-refractivity contribution in [1.29, 1.82) is 0 Å². The first kappa shape index (κ1) is 12.1. The Morgan fingerprint density at radius 3 is 2.76 bits per heavy atom. The largest absolute Gasteiger partial charge is 0.312 e. The maximum absolute atomic E-state index is 4.11. The van der Waals surface area contributed by atoms with Gasteiger partial charge in [-0.3, -0.25) is 5.10 Å². The Morgan fingerprint density at radius 2 is 2.06 bits per heavy atom. The van der Waals surface area contributed by atoms with E-state index < -0.39 is 0 Å². The van der Waals surface area contributed by atoms with Crippen molar-refractivity contribution < 1.29 is 0 Å². The van der Waals surface area contributed by atoms with Gasteiger partial charge in [0, 0.05) is 10.9 Å². The average Bonchev–Trinajstić information content (AvgIpc) is 2.67. The molecule has 0 bridgehead atoms. The summed E-state index contributed by atoms with van der Waals surface area (Å²) in [5, 5.41) is 11.9. The standard InChI is InChI=1S/C14H21N3/c1-10-5-6-13-12(9-16-17-13)11(10)7-8-15-14(2,3)4/h5-6,9,15H,7-8H2,1-4H3,(H,16,17). The lowest BCUT2D eigenvalue weighted by Crippen LogP contribution is -2.37. The Labute approximate surface area is 103 Å². The summed E-state index contributed by atoms with van der Waals surface area (Å²) in [7, 11) is 0. The zero-order valence-corrected chi connectivity index (χ0v) is 11.1. The number of hydrogen-bond donors (Lipinski definition) is 2. The van der Waals surface area contributed by atoms with Crippen molar-refractivity contribution in [1.82, 2.24) is 15.5 Å². The van der Waals surface area contributed by atoms with E-state index in [1.54, 1.807) is 0 Å². The predicted octanol–water partition coefficient (Wildman–Crippen LogP) is 2.80. The highest BCUT2D eigenvalue weighted by Gasteiger charge is 2.10. The lowest BCUT2D eigenvalue weighted by molar-refractivity contribution is 0.429. The number of rotatable bonds is 3. The molecule has 92 valence electrons. The van der Waals surface area contributed by atoms with Gasteiger partial charge in [0.25, 0.3) is 0 Å². The van der Waals surface area contributed by atoms with E-state index in [0.29, 0.717) is 0 Å². The number of H-pyrrole nitrogens is 1. The van der Waals surface area contributed by atoms with Crippen molar-refractivity contribution in [2.75, 3.05) is 6.54 Å². The summed E-state index contributed by atoms with van der Waals surface area (Å²) in [6.07, 6.45) is 2.97. The molecule has 0 saturated carbocycles. The van der Waals surface area contributed by atoms with Gasteiger partial charge in [-0.15, -0.1) is 0 Å². The fourth-order valence-electron chi connectivity index (χ4n) is 2.08. The number of fused-ring (bicyclic) bond motifs is 1. The van der Waals surface area contributed by atoms with Crippen molar-refractivity contribution in [3.05, 3.63) is 29.5 Å². The Balaban J connectivity index is 2.17. The van der Waals surface area contributed by atoms with E-state index in [2.05, 4.69) is 55.3 Å². The molecule has 1 aromatic carbocycles. The van der Waals surface area contributed by atoms with Gasteiger partial charge in [0.2, 0.25) is 0 Å². The molecule has 2 rings (SSSR count). The zero-order valence-electron chi connectivity index (χ0n) is 11.1. The van der Waals surface area contributed by atoms with Crippen LogP contribution < -0.4 is 5.32 Å². The molecule has 3 heteroatoms. The summed E-state index contributed by atoms with van der Waals surface area (Å²) in [6, 6.07) is 4.26. The number of aromatic amines is 1. The molecule has 0 amide bonds. The van der Waals surface area contributed by atoms with Gasteiger partial charge in [-0.25, -0.2) is 0 Å². The van der Waals surface area contributed by atoms with E-state index in [1.807, 2.05) is 6.20 Å². The highest BCUT2D eigenvalue weighted by Crippen LogP contribution is 2.20. The van der Waals surface area contributed by atoms with Crippen LogP contribution in [0, 0.1) is 6.92 Å². The van der Waals surface area contributed by atoms with Crippen LogP contribution in [-0.4, -0.2) is 22.3 Å². The van der Waals surface area contributed by atoms with Crippen LogP contribution in [0.15, 0.2) is 18.3 Å². The third kappa shape index (κ3) is 2.86. The van der Waals surface area contributed by atoms with E-state index in [4.69, 9.17) is 0 Å². The number of nitrogens with zero attached hydrogens (tertiary/aromatic N) is 1. The summed E-state index contributed by atoms with van der Waals surface area (Å²) < 4.78 is 0. The van der Waals surface area contributed by atoms with Crippen molar-refractivity contribution >= 4 is 10.9 Å². The second-order valence-corrected chi connectivity index (χ2v) is 5.62. The fourth-order valence-corrected chi connectivity index (χ4v) is 2.08. The van der Waals surface area contributed by atoms with Gasteiger partial charge in [0.1, 0.15) is 0 Å². The minimum absolute atomic E-state index is 0.179. The number of hydrogen-bond acceptors (Lipinski definition) is 2. The maximum atomic E-state index is 4.11. The molecule has 0 fully saturated rings. The number of aromatic nitrogens is 2. The van der Waals surface area contributed by atoms with E-state index in [9.17, 15) is 0 Å². The van der Waals surface area contributed by atoms with Crippen LogP contribution in [0.2, 0.25) is 0 Å². The van der Waals surface area contributed by atoms with E-state index in [0.717, 1.165) is 18.5 Å². The minimum atomic E-state index is 0.179. The zero-order chi connectivity index (χ0) is 12.5. The van der Waals surface area contributed by atoms with Crippen molar-refractivity contribution in [2.24, 2.45) is 0 Å². The SMILES string of the molecule is Cc1ccc2[nH]ncc2c1CCNC(C)(C)C. The maximum Gasteiger partial charge on any atom is 0.0653 e. The van der Waals surface area contributed by atoms with Crippen LogP contribution >= 0.6 is 0 Å².